The van der Waals surface area contributed by atoms with Crippen molar-refractivity contribution in [1.82, 2.24) is 4.90 Å². The van der Waals surface area contributed by atoms with Crippen molar-refractivity contribution in [2.45, 2.75) is 50.6 Å². The third kappa shape index (κ3) is 3.63. The zero-order valence-corrected chi connectivity index (χ0v) is 20.1. The minimum atomic E-state index is -0.181. The number of aryl methyl sites for hydroxylation is 1. The zero-order chi connectivity index (χ0) is 23.2. The first kappa shape index (κ1) is 21.5. The van der Waals surface area contributed by atoms with E-state index in [9.17, 15) is 4.79 Å². The summed E-state index contributed by atoms with van der Waals surface area (Å²) < 4.78 is 6.04. The van der Waals surface area contributed by atoms with Crippen LogP contribution in [0.4, 0.5) is 4.79 Å². The van der Waals surface area contributed by atoms with Gasteiger partial charge in [-0.05, 0) is 83.7 Å². The molecule has 1 saturated heterocycles. The van der Waals surface area contributed by atoms with Crippen LogP contribution in [0.2, 0.25) is 5.02 Å². The second kappa shape index (κ2) is 8.63. The number of rotatable bonds is 3. The van der Waals surface area contributed by atoms with Crippen molar-refractivity contribution in [3.05, 3.63) is 100 Å². The number of amides is 1. The molecule has 0 radical (unpaired) electrons. The number of benzene rings is 3. The summed E-state index contributed by atoms with van der Waals surface area (Å²) in [6.45, 7) is 2.48. The molecule has 0 saturated carbocycles. The quantitative estimate of drug-likeness (QED) is 0.395. The molecule has 2 aliphatic heterocycles. The van der Waals surface area contributed by atoms with Crippen molar-refractivity contribution < 1.29 is 9.53 Å². The Kier molecular flexibility index (Phi) is 5.45. The summed E-state index contributed by atoms with van der Waals surface area (Å²) >= 11 is 6.18. The molecule has 3 aromatic rings. The van der Waals surface area contributed by atoms with E-state index in [1.807, 2.05) is 17.0 Å². The SMILES string of the molecule is Cc1cc(Cl)ccc1C1=CC2CCCC(C1)N2C(=O)OCC1c2ccccc2-c2ccccc21. The van der Waals surface area contributed by atoms with Crippen LogP contribution in [0.1, 0.15) is 53.9 Å². The molecule has 172 valence electrons. The fourth-order valence-electron chi connectivity index (χ4n) is 6.17. The smallest absolute Gasteiger partial charge is 0.410 e. The van der Waals surface area contributed by atoms with Crippen LogP contribution in [0.5, 0.6) is 0 Å². The first-order chi connectivity index (χ1) is 16.6. The van der Waals surface area contributed by atoms with E-state index in [2.05, 4.69) is 67.6 Å². The molecule has 2 heterocycles. The van der Waals surface area contributed by atoms with E-state index in [1.54, 1.807) is 0 Å². The van der Waals surface area contributed by atoms with Crippen molar-refractivity contribution in [2.24, 2.45) is 0 Å². The maximum atomic E-state index is 13.4. The molecule has 1 fully saturated rings. The maximum absolute atomic E-state index is 13.4. The third-order valence-corrected chi connectivity index (χ3v) is 7.95. The van der Waals surface area contributed by atoms with Gasteiger partial charge in [-0.3, -0.25) is 4.90 Å². The molecular weight excluding hydrogens is 442 g/mol. The molecule has 3 aromatic carbocycles. The lowest BCUT2D eigenvalue weighted by Crippen LogP contribution is -2.51. The number of fused-ring (bicyclic) bond motifs is 5. The minimum absolute atomic E-state index is 0.0869. The van der Waals surface area contributed by atoms with Crippen molar-refractivity contribution in [1.29, 1.82) is 0 Å². The van der Waals surface area contributed by atoms with E-state index in [1.165, 1.54) is 39.0 Å². The van der Waals surface area contributed by atoms with E-state index < -0.39 is 0 Å². The Morgan fingerprint density at radius 2 is 1.68 bits per heavy atom. The number of piperidine rings is 1. The van der Waals surface area contributed by atoms with Crippen molar-refractivity contribution in [3.63, 3.8) is 0 Å². The van der Waals surface area contributed by atoms with Crippen molar-refractivity contribution in [3.8, 4) is 11.1 Å². The third-order valence-electron chi connectivity index (χ3n) is 7.72. The van der Waals surface area contributed by atoms with Crippen LogP contribution in [0.15, 0.2) is 72.8 Å². The van der Waals surface area contributed by atoms with Gasteiger partial charge in [-0.2, -0.15) is 0 Å². The fraction of sp³-hybridized carbons (Fsp3) is 0.300. The van der Waals surface area contributed by atoms with Crippen LogP contribution in [-0.4, -0.2) is 29.7 Å². The number of ether oxygens (including phenoxy) is 1. The van der Waals surface area contributed by atoms with Gasteiger partial charge in [0, 0.05) is 17.0 Å². The van der Waals surface area contributed by atoms with Crippen LogP contribution in [0.3, 0.4) is 0 Å². The lowest BCUT2D eigenvalue weighted by atomic mass is 9.82. The summed E-state index contributed by atoms with van der Waals surface area (Å²) in [7, 11) is 0. The van der Waals surface area contributed by atoms with Crippen LogP contribution < -0.4 is 0 Å². The Hall–Kier alpha value is -3.04. The molecule has 34 heavy (non-hydrogen) atoms. The number of carbonyl (C=O) groups is 1. The highest BCUT2D eigenvalue weighted by Crippen LogP contribution is 2.45. The Labute approximate surface area is 206 Å². The topological polar surface area (TPSA) is 29.5 Å². The predicted molar refractivity (Wildman–Crippen MR) is 137 cm³/mol. The first-order valence-electron chi connectivity index (χ1n) is 12.2. The molecule has 0 N–H and O–H groups in total. The van der Waals surface area contributed by atoms with Crippen molar-refractivity contribution >= 4 is 23.3 Å². The lowest BCUT2D eigenvalue weighted by Gasteiger charge is -2.44. The molecule has 4 heteroatoms. The summed E-state index contributed by atoms with van der Waals surface area (Å²) in [5, 5.41) is 0.762. The van der Waals surface area contributed by atoms with Crippen molar-refractivity contribution in [2.75, 3.05) is 6.61 Å². The number of halogens is 1. The second-order valence-corrected chi connectivity index (χ2v) is 10.2. The number of carbonyl (C=O) groups excluding carboxylic acids is 1. The molecule has 2 unspecified atom stereocenters. The minimum Gasteiger partial charge on any atom is -0.448 e. The van der Waals surface area contributed by atoms with Crippen LogP contribution in [-0.2, 0) is 4.74 Å². The predicted octanol–water partition coefficient (Wildman–Crippen LogP) is 7.61. The fourth-order valence-corrected chi connectivity index (χ4v) is 6.40. The van der Waals surface area contributed by atoms with E-state index in [0.717, 1.165) is 30.7 Å². The summed E-state index contributed by atoms with van der Waals surface area (Å²) in [4.78, 5) is 15.4. The van der Waals surface area contributed by atoms with Gasteiger partial charge < -0.3 is 4.74 Å². The Balaban J connectivity index is 1.23. The normalized spacial score (nSPS) is 21.0. The molecule has 3 aliphatic rings. The zero-order valence-electron chi connectivity index (χ0n) is 19.3. The van der Waals surface area contributed by atoms with E-state index >= 15 is 0 Å². The van der Waals surface area contributed by atoms with Gasteiger partial charge in [0.15, 0.2) is 0 Å². The molecule has 1 aliphatic carbocycles. The maximum Gasteiger partial charge on any atom is 0.410 e. The van der Waals surface area contributed by atoms with Gasteiger partial charge in [-0.1, -0.05) is 72.3 Å². The molecule has 0 aromatic heterocycles. The van der Waals surface area contributed by atoms with Gasteiger partial charge in [0.05, 0.1) is 6.04 Å². The largest absolute Gasteiger partial charge is 0.448 e. The van der Waals surface area contributed by atoms with E-state index in [4.69, 9.17) is 16.3 Å². The van der Waals surface area contributed by atoms with Gasteiger partial charge >= 0.3 is 6.09 Å². The highest BCUT2D eigenvalue weighted by Gasteiger charge is 2.39. The van der Waals surface area contributed by atoms with Gasteiger partial charge in [-0.25, -0.2) is 4.79 Å². The number of hydrogen-bond acceptors (Lipinski definition) is 2. The van der Waals surface area contributed by atoms with Gasteiger partial charge in [0.1, 0.15) is 6.61 Å². The highest BCUT2D eigenvalue weighted by atomic mass is 35.5. The second-order valence-electron chi connectivity index (χ2n) is 9.72. The average Bonchev–Trinajstić information content (AvgIpc) is 3.15. The van der Waals surface area contributed by atoms with Gasteiger partial charge in [0.2, 0.25) is 0 Å². The van der Waals surface area contributed by atoms with Crippen LogP contribution >= 0.6 is 11.6 Å². The molecule has 1 amide bonds. The molecule has 2 atom stereocenters. The Morgan fingerprint density at radius 3 is 2.35 bits per heavy atom. The standard InChI is InChI=1S/C30H28ClNO2/c1-19-15-21(31)13-14-24(19)20-16-22-7-6-8-23(17-20)32(22)30(33)34-18-29-27-11-4-2-9-25(27)26-10-3-5-12-28(26)29/h2-5,9-16,22-23,29H,6-8,17-18H2,1H3. The molecule has 2 bridgehead atoms. The summed E-state index contributed by atoms with van der Waals surface area (Å²) in [5.74, 6) is 0.0869. The summed E-state index contributed by atoms with van der Waals surface area (Å²) in [6, 6.07) is 23.3. The van der Waals surface area contributed by atoms with Gasteiger partial charge in [-0.15, -0.1) is 0 Å². The van der Waals surface area contributed by atoms with E-state index in [-0.39, 0.29) is 24.1 Å². The van der Waals surface area contributed by atoms with Gasteiger partial charge in [0.25, 0.3) is 0 Å². The molecular formula is C30H28ClNO2. The molecule has 6 rings (SSSR count). The monoisotopic (exact) mass is 469 g/mol. The summed E-state index contributed by atoms with van der Waals surface area (Å²) in [5.41, 5.74) is 8.75. The first-order valence-corrected chi connectivity index (χ1v) is 12.6. The highest BCUT2D eigenvalue weighted by molar-refractivity contribution is 6.30. The molecule has 3 nitrogen and oxygen atoms in total. The Morgan fingerprint density at radius 1 is 0.971 bits per heavy atom. The summed E-state index contributed by atoms with van der Waals surface area (Å²) in [6.07, 6.45) is 6.11. The molecule has 0 spiro atoms. The van der Waals surface area contributed by atoms with E-state index in [0.29, 0.717) is 6.61 Å². The van der Waals surface area contributed by atoms with Crippen LogP contribution in [0, 0.1) is 6.92 Å². The number of nitrogens with zero attached hydrogens (tertiary/aromatic N) is 1. The van der Waals surface area contributed by atoms with Crippen LogP contribution in [0.25, 0.3) is 16.7 Å². The Bertz CT molecular complexity index is 1250. The lowest BCUT2D eigenvalue weighted by molar-refractivity contribution is 0.0539. The number of hydrogen-bond donors (Lipinski definition) is 0. The average molecular weight is 470 g/mol.